The number of nitrogens with zero attached hydrogens (tertiary/aromatic N) is 1. The van der Waals surface area contributed by atoms with Crippen molar-refractivity contribution in [3.63, 3.8) is 0 Å². The highest BCUT2D eigenvalue weighted by atomic mass is 15.1. The summed E-state index contributed by atoms with van der Waals surface area (Å²) >= 11 is 0. The molecule has 14 heavy (non-hydrogen) atoms. The van der Waals surface area contributed by atoms with Gasteiger partial charge in [0.05, 0.1) is 0 Å². The van der Waals surface area contributed by atoms with Crippen LogP contribution in [0.25, 0.3) is 0 Å². The molecular formula is C12H22N2. The summed E-state index contributed by atoms with van der Waals surface area (Å²) in [6, 6.07) is 0.830. The van der Waals surface area contributed by atoms with Crippen LogP contribution in [0.4, 0.5) is 0 Å². The SMILES string of the molecule is CN(CC1CC=CC1)C1CCNCC1. The van der Waals surface area contributed by atoms with Gasteiger partial charge in [-0.15, -0.1) is 0 Å². The summed E-state index contributed by atoms with van der Waals surface area (Å²) in [4.78, 5) is 2.58. The minimum absolute atomic E-state index is 0.830. The summed E-state index contributed by atoms with van der Waals surface area (Å²) in [5.74, 6) is 0.898. The number of piperidine rings is 1. The third-order valence-corrected chi connectivity index (χ3v) is 3.58. The topological polar surface area (TPSA) is 15.3 Å². The average molecular weight is 194 g/mol. The molecule has 1 aliphatic carbocycles. The number of nitrogens with one attached hydrogen (secondary N) is 1. The zero-order valence-corrected chi connectivity index (χ0v) is 9.21. The standard InChI is InChI=1S/C12H22N2/c1-14(10-11-4-2-3-5-11)12-6-8-13-9-7-12/h2-3,11-13H,4-10H2,1H3. The molecule has 0 aromatic carbocycles. The number of hydrogen-bond acceptors (Lipinski definition) is 2. The molecule has 0 aromatic heterocycles. The van der Waals surface area contributed by atoms with Crippen molar-refractivity contribution in [1.82, 2.24) is 10.2 Å². The predicted molar refractivity (Wildman–Crippen MR) is 60.4 cm³/mol. The molecule has 0 aromatic rings. The monoisotopic (exact) mass is 194 g/mol. The van der Waals surface area contributed by atoms with Gasteiger partial charge in [-0.1, -0.05) is 12.2 Å². The number of allylic oxidation sites excluding steroid dienone is 2. The highest BCUT2D eigenvalue weighted by Gasteiger charge is 2.20. The molecule has 1 N–H and O–H groups in total. The molecule has 2 nitrogen and oxygen atoms in total. The quantitative estimate of drug-likeness (QED) is 0.687. The maximum absolute atomic E-state index is 3.42. The third-order valence-electron chi connectivity index (χ3n) is 3.58. The highest BCUT2D eigenvalue weighted by molar-refractivity contribution is 4.95. The average Bonchev–Trinajstić information content (AvgIpc) is 2.72. The Bertz CT molecular complexity index is 186. The predicted octanol–water partition coefficient (Wildman–Crippen LogP) is 1.64. The Morgan fingerprint density at radius 3 is 2.50 bits per heavy atom. The van der Waals surface area contributed by atoms with E-state index in [1.54, 1.807) is 0 Å². The Kier molecular flexibility index (Phi) is 3.60. The molecule has 2 heteroatoms. The lowest BCUT2D eigenvalue weighted by molar-refractivity contribution is 0.175. The van der Waals surface area contributed by atoms with Gasteiger partial charge in [-0.3, -0.25) is 0 Å². The van der Waals surface area contributed by atoms with Gasteiger partial charge >= 0.3 is 0 Å². The fourth-order valence-corrected chi connectivity index (χ4v) is 2.63. The molecule has 2 aliphatic rings. The molecule has 0 saturated carbocycles. The van der Waals surface area contributed by atoms with Crippen LogP contribution in [0.5, 0.6) is 0 Å². The lowest BCUT2D eigenvalue weighted by Crippen LogP contribution is -2.42. The molecule has 2 rings (SSSR count). The van der Waals surface area contributed by atoms with E-state index in [1.807, 2.05) is 0 Å². The van der Waals surface area contributed by atoms with E-state index < -0.39 is 0 Å². The van der Waals surface area contributed by atoms with Crippen LogP contribution in [-0.4, -0.2) is 37.6 Å². The first-order valence-electron chi connectivity index (χ1n) is 5.92. The smallest absolute Gasteiger partial charge is 0.0116 e. The molecule has 1 saturated heterocycles. The summed E-state index contributed by atoms with van der Waals surface area (Å²) < 4.78 is 0. The maximum Gasteiger partial charge on any atom is 0.0116 e. The summed E-state index contributed by atoms with van der Waals surface area (Å²) in [7, 11) is 2.30. The molecule has 1 fully saturated rings. The van der Waals surface area contributed by atoms with E-state index in [0.29, 0.717) is 0 Å². The van der Waals surface area contributed by atoms with Crippen molar-refractivity contribution in [2.24, 2.45) is 5.92 Å². The van der Waals surface area contributed by atoms with Crippen LogP contribution in [-0.2, 0) is 0 Å². The fraction of sp³-hybridized carbons (Fsp3) is 0.833. The second kappa shape index (κ2) is 4.94. The van der Waals surface area contributed by atoms with Gasteiger partial charge in [0.15, 0.2) is 0 Å². The number of rotatable bonds is 3. The number of hydrogen-bond donors (Lipinski definition) is 1. The maximum atomic E-state index is 3.42. The largest absolute Gasteiger partial charge is 0.317 e. The zero-order chi connectivity index (χ0) is 9.80. The van der Waals surface area contributed by atoms with Crippen LogP contribution in [0.2, 0.25) is 0 Å². The molecule has 0 amide bonds. The minimum Gasteiger partial charge on any atom is -0.317 e. The van der Waals surface area contributed by atoms with Crippen LogP contribution in [0.15, 0.2) is 12.2 Å². The normalized spacial score (nSPS) is 25.0. The van der Waals surface area contributed by atoms with Crippen LogP contribution in [0.1, 0.15) is 25.7 Å². The van der Waals surface area contributed by atoms with Crippen LogP contribution < -0.4 is 5.32 Å². The Hall–Kier alpha value is -0.340. The van der Waals surface area contributed by atoms with Crippen molar-refractivity contribution < 1.29 is 0 Å². The first kappa shape index (κ1) is 10.2. The summed E-state index contributed by atoms with van der Waals surface area (Å²) in [6.45, 7) is 3.70. The van der Waals surface area contributed by atoms with E-state index in [0.717, 1.165) is 12.0 Å². The molecule has 0 atom stereocenters. The van der Waals surface area contributed by atoms with Gasteiger partial charge in [0, 0.05) is 12.6 Å². The van der Waals surface area contributed by atoms with E-state index in [2.05, 4.69) is 29.4 Å². The van der Waals surface area contributed by atoms with E-state index >= 15 is 0 Å². The summed E-state index contributed by atoms with van der Waals surface area (Å²) in [6.07, 6.45) is 9.93. The first-order chi connectivity index (χ1) is 6.86. The summed E-state index contributed by atoms with van der Waals surface area (Å²) in [5.41, 5.74) is 0. The second-order valence-electron chi connectivity index (χ2n) is 4.73. The molecule has 0 radical (unpaired) electrons. The first-order valence-corrected chi connectivity index (χ1v) is 5.92. The van der Waals surface area contributed by atoms with E-state index in [-0.39, 0.29) is 0 Å². The van der Waals surface area contributed by atoms with Gasteiger partial charge in [0.2, 0.25) is 0 Å². The second-order valence-corrected chi connectivity index (χ2v) is 4.73. The van der Waals surface area contributed by atoms with Crippen molar-refractivity contribution >= 4 is 0 Å². The van der Waals surface area contributed by atoms with Crippen LogP contribution in [0, 0.1) is 5.92 Å². The molecule has 1 heterocycles. The van der Waals surface area contributed by atoms with Crippen molar-refractivity contribution in [3.05, 3.63) is 12.2 Å². The van der Waals surface area contributed by atoms with Crippen molar-refractivity contribution in [2.45, 2.75) is 31.7 Å². The lowest BCUT2D eigenvalue weighted by atomic mass is 10.0. The molecule has 0 bridgehead atoms. The molecule has 80 valence electrons. The van der Waals surface area contributed by atoms with E-state index in [9.17, 15) is 0 Å². The molecule has 1 aliphatic heterocycles. The third kappa shape index (κ3) is 2.58. The van der Waals surface area contributed by atoms with Crippen molar-refractivity contribution in [1.29, 1.82) is 0 Å². The van der Waals surface area contributed by atoms with Gasteiger partial charge in [-0.2, -0.15) is 0 Å². The van der Waals surface area contributed by atoms with Gasteiger partial charge in [0.25, 0.3) is 0 Å². The van der Waals surface area contributed by atoms with Gasteiger partial charge in [-0.05, 0) is 51.7 Å². The van der Waals surface area contributed by atoms with Crippen LogP contribution >= 0.6 is 0 Å². The molecule has 0 spiro atoms. The van der Waals surface area contributed by atoms with Crippen molar-refractivity contribution in [2.75, 3.05) is 26.7 Å². The van der Waals surface area contributed by atoms with Gasteiger partial charge in [-0.25, -0.2) is 0 Å². The minimum atomic E-state index is 0.830. The van der Waals surface area contributed by atoms with E-state index in [1.165, 1.54) is 45.3 Å². The zero-order valence-electron chi connectivity index (χ0n) is 9.21. The van der Waals surface area contributed by atoms with Crippen LogP contribution in [0.3, 0.4) is 0 Å². The Morgan fingerprint density at radius 2 is 1.86 bits per heavy atom. The lowest BCUT2D eigenvalue weighted by Gasteiger charge is -2.33. The Labute approximate surface area is 87.4 Å². The summed E-state index contributed by atoms with van der Waals surface area (Å²) in [5, 5.41) is 3.42. The molecule has 0 unspecified atom stereocenters. The van der Waals surface area contributed by atoms with Crippen molar-refractivity contribution in [3.8, 4) is 0 Å². The fourth-order valence-electron chi connectivity index (χ4n) is 2.63. The Morgan fingerprint density at radius 1 is 1.21 bits per heavy atom. The van der Waals surface area contributed by atoms with Gasteiger partial charge < -0.3 is 10.2 Å². The van der Waals surface area contributed by atoms with E-state index in [4.69, 9.17) is 0 Å². The van der Waals surface area contributed by atoms with Gasteiger partial charge in [0.1, 0.15) is 0 Å². The highest BCUT2D eigenvalue weighted by Crippen LogP contribution is 2.20. The Balaban J connectivity index is 1.73. The molecular weight excluding hydrogens is 172 g/mol.